The normalized spacial score (nSPS) is 16.1. The zero-order chi connectivity index (χ0) is 21.4. The molecule has 0 radical (unpaired) electrons. The molecule has 4 N–H and O–H groups in total. The number of anilines is 1. The van der Waals surface area contributed by atoms with Crippen LogP contribution in [0.1, 0.15) is 44.9 Å². The van der Waals surface area contributed by atoms with Gasteiger partial charge in [-0.1, -0.05) is 41.9 Å². The van der Waals surface area contributed by atoms with E-state index >= 15 is 0 Å². The van der Waals surface area contributed by atoms with E-state index in [1.54, 1.807) is 36.4 Å². The van der Waals surface area contributed by atoms with Gasteiger partial charge < -0.3 is 16.4 Å². The van der Waals surface area contributed by atoms with E-state index in [4.69, 9.17) is 23.1 Å². The van der Waals surface area contributed by atoms with E-state index in [1.807, 2.05) is 0 Å². The quantitative estimate of drug-likeness (QED) is 0.623. The highest BCUT2D eigenvalue weighted by Crippen LogP contribution is 2.43. The largest absolute Gasteiger partial charge is 0.382 e. The Hall–Kier alpha value is -2.97. The molecule has 0 saturated heterocycles. The van der Waals surface area contributed by atoms with E-state index < -0.39 is 29.7 Å². The lowest BCUT2D eigenvalue weighted by Crippen LogP contribution is -2.43. The molecule has 3 aromatic rings. The van der Waals surface area contributed by atoms with Gasteiger partial charge in [0.05, 0.1) is 11.6 Å². The molecular formula is C21H18ClFN4O2S. The number of nitrogen functional groups attached to an aromatic ring is 1. The number of hydrogen-bond donors (Lipinski definition) is 2. The molecule has 1 aliphatic rings. The van der Waals surface area contributed by atoms with Crippen molar-refractivity contribution in [1.82, 2.24) is 9.88 Å². The molecule has 0 aliphatic heterocycles. The van der Waals surface area contributed by atoms with Crippen molar-refractivity contribution in [2.75, 3.05) is 5.73 Å². The summed E-state index contributed by atoms with van der Waals surface area (Å²) in [6, 6.07) is 9.98. The maximum absolute atomic E-state index is 14.5. The summed E-state index contributed by atoms with van der Waals surface area (Å²) in [4.78, 5) is 31.7. The van der Waals surface area contributed by atoms with Gasteiger partial charge in [0.15, 0.2) is 0 Å². The molecule has 30 heavy (non-hydrogen) atoms. The van der Waals surface area contributed by atoms with E-state index in [0.717, 1.165) is 11.3 Å². The molecule has 0 spiro atoms. The van der Waals surface area contributed by atoms with Crippen molar-refractivity contribution in [3.05, 3.63) is 80.4 Å². The average Bonchev–Trinajstić information content (AvgIpc) is 3.32. The first kappa shape index (κ1) is 20.3. The van der Waals surface area contributed by atoms with Gasteiger partial charge in [-0.25, -0.2) is 9.37 Å². The number of nitrogens with two attached hydrogens (primary N) is 2. The van der Waals surface area contributed by atoms with Gasteiger partial charge in [-0.15, -0.1) is 11.3 Å². The zero-order valence-electron chi connectivity index (χ0n) is 15.7. The molecule has 0 unspecified atom stereocenters. The highest BCUT2D eigenvalue weighted by molar-refractivity contribution is 7.12. The molecule has 4 rings (SSSR count). The van der Waals surface area contributed by atoms with E-state index in [0.29, 0.717) is 29.5 Å². The Morgan fingerprint density at radius 1 is 1.27 bits per heavy atom. The third-order valence-corrected chi connectivity index (χ3v) is 6.29. The van der Waals surface area contributed by atoms with Gasteiger partial charge in [0.25, 0.3) is 5.91 Å². The molecule has 2 aromatic carbocycles. The first-order chi connectivity index (χ1) is 14.4. The SMILES string of the molecule is NC(=O)[C@H](c1ccccc1)N(C(=O)c1scnc1N)[C@@H]1CCc2c(F)cc(Cl)cc21. The monoisotopic (exact) mass is 444 g/mol. The summed E-state index contributed by atoms with van der Waals surface area (Å²) >= 11 is 7.18. The van der Waals surface area contributed by atoms with Crippen LogP contribution in [-0.2, 0) is 11.2 Å². The third-order valence-electron chi connectivity index (χ3n) is 5.24. The molecule has 0 bridgehead atoms. The lowest BCUT2D eigenvalue weighted by Gasteiger charge is -2.35. The lowest BCUT2D eigenvalue weighted by molar-refractivity contribution is -0.123. The Morgan fingerprint density at radius 2 is 2.00 bits per heavy atom. The van der Waals surface area contributed by atoms with Gasteiger partial charge in [-0.2, -0.15) is 0 Å². The number of amides is 2. The predicted octanol–water partition coefficient (Wildman–Crippen LogP) is 3.87. The molecule has 0 saturated carbocycles. The van der Waals surface area contributed by atoms with Crippen molar-refractivity contribution in [2.45, 2.75) is 24.9 Å². The van der Waals surface area contributed by atoms with Gasteiger partial charge >= 0.3 is 0 Å². The number of thiazole rings is 1. The maximum Gasteiger partial charge on any atom is 0.269 e. The van der Waals surface area contributed by atoms with Crippen LogP contribution < -0.4 is 11.5 Å². The number of aromatic nitrogens is 1. The number of rotatable bonds is 5. The Morgan fingerprint density at radius 3 is 2.63 bits per heavy atom. The minimum Gasteiger partial charge on any atom is -0.382 e. The van der Waals surface area contributed by atoms with Crippen LogP contribution in [0.4, 0.5) is 10.2 Å². The summed E-state index contributed by atoms with van der Waals surface area (Å²) in [7, 11) is 0. The van der Waals surface area contributed by atoms with Crippen molar-refractivity contribution in [1.29, 1.82) is 0 Å². The summed E-state index contributed by atoms with van der Waals surface area (Å²) in [6.07, 6.45) is 0.832. The highest BCUT2D eigenvalue weighted by Gasteiger charge is 2.41. The number of hydrogen-bond acceptors (Lipinski definition) is 5. The smallest absolute Gasteiger partial charge is 0.269 e. The number of nitrogens with zero attached hydrogens (tertiary/aromatic N) is 2. The molecule has 154 valence electrons. The van der Waals surface area contributed by atoms with E-state index in [2.05, 4.69) is 4.98 Å². The lowest BCUT2D eigenvalue weighted by atomic mass is 9.99. The Balaban J connectivity index is 1.89. The second kappa shape index (κ2) is 8.04. The van der Waals surface area contributed by atoms with Crippen molar-refractivity contribution in [3.63, 3.8) is 0 Å². The Labute approximate surface area is 181 Å². The van der Waals surface area contributed by atoms with E-state index in [-0.39, 0.29) is 15.7 Å². The third kappa shape index (κ3) is 3.53. The molecule has 2 atom stereocenters. The molecule has 1 aromatic heterocycles. The van der Waals surface area contributed by atoms with Gasteiger partial charge in [0.1, 0.15) is 22.6 Å². The predicted molar refractivity (Wildman–Crippen MR) is 114 cm³/mol. The number of carbonyl (C=O) groups excluding carboxylic acids is 2. The molecular weight excluding hydrogens is 427 g/mol. The summed E-state index contributed by atoms with van der Waals surface area (Å²) in [5.74, 6) is -1.55. The molecule has 1 heterocycles. The van der Waals surface area contributed by atoms with Crippen LogP contribution in [0, 0.1) is 5.82 Å². The Bertz CT molecular complexity index is 1120. The zero-order valence-corrected chi connectivity index (χ0v) is 17.3. The van der Waals surface area contributed by atoms with Crippen LogP contribution in [0.25, 0.3) is 0 Å². The number of fused-ring (bicyclic) bond motifs is 1. The summed E-state index contributed by atoms with van der Waals surface area (Å²) < 4.78 is 14.5. The van der Waals surface area contributed by atoms with Crippen molar-refractivity contribution in [3.8, 4) is 0 Å². The fourth-order valence-corrected chi connectivity index (χ4v) is 4.84. The van der Waals surface area contributed by atoms with Crippen LogP contribution in [-0.4, -0.2) is 21.7 Å². The van der Waals surface area contributed by atoms with Crippen molar-refractivity contribution < 1.29 is 14.0 Å². The topological polar surface area (TPSA) is 102 Å². The Kier molecular flexibility index (Phi) is 5.44. The minimum atomic E-state index is -1.07. The maximum atomic E-state index is 14.5. The first-order valence-corrected chi connectivity index (χ1v) is 10.5. The number of halogens is 2. The van der Waals surface area contributed by atoms with E-state index in [1.165, 1.54) is 16.5 Å². The van der Waals surface area contributed by atoms with Crippen molar-refractivity contribution in [2.24, 2.45) is 5.73 Å². The summed E-state index contributed by atoms with van der Waals surface area (Å²) in [5.41, 5.74) is 14.7. The van der Waals surface area contributed by atoms with Crippen LogP contribution in [0.15, 0.2) is 48.0 Å². The van der Waals surface area contributed by atoms with Crippen molar-refractivity contribution >= 4 is 40.6 Å². The molecule has 2 amide bonds. The summed E-state index contributed by atoms with van der Waals surface area (Å²) in [6.45, 7) is 0. The number of primary amides is 1. The first-order valence-electron chi connectivity index (χ1n) is 9.22. The van der Waals surface area contributed by atoms with Crippen LogP contribution in [0.5, 0.6) is 0 Å². The minimum absolute atomic E-state index is 0.0711. The molecule has 6 nitrogen and oxygen atoms in total. The van der Waals surface area contributed by atoms with Gasteiger partial charge in [-0.3, -0.25) is 9.59 Å². The van der Waals surface area contributed by atoms with E-state index in [9.17, 15) is 14.0 Å². The average molecular weight is 445 g/mol. The van der Waals surface area contributed by atoms with Crippen LogP contribution >= 0.6 is 22.9 Å². The second-order valence-corrected chi connectivity index (χ2v) is 8.30. The summed E-state index contributed by atoms with van der Waals surface area (Å²) in [5, 5.41) is 0.221. The fraction of sp³-hybridized carbons (Fsp3) is 0.190. The second-order valence-electron chi connectivity index (χ2n) is 7.00. The number of benzene rings is 2. The van der Waals surface area contributed by atoms with Gasteiger partial charge in [-0.05, 0) is 41.7 Å². The molecule has 0 fully saturated rings. The fourth-order valence-electron chi connectivity index (χ4n) is 3.98. The van der Waals surface area contributed by atoms with Gasteiger partial charge in [0, 0.05) is 5.02 Å². The number of carbonyl (C=O) groups is 2. The molecule has 9 heteroatoms. The standard InChI is InChI=1S/C21H18ClFN4O2S/c22-12-8-14-13(15(23)9-12)6-7-16(14)27(21(29)18-19(24)26-10-30-18)17(20(25)28)11-4-2-1-3-5-11/h1-5,8-10,16-17H,6-7,24H2,(H2,25,28)/t16-,17+/m1/s1. The van der Waals surface area contributed by atoms with Gasteiger partial charge in [0.2, 0.25) is 5.91 Å². The van der Waals surface area contributed by atoms with Crippen LogP contribution in [0.3, 0.4) is 0 Å². The highest BCUT2D eigenvalue weighted by atomic mass is 35.5. The van der Waals surface area contributed by atoms with Crippen LogP contribution in [0.2, 0.25) is 5.02 Å². The molecule has 1 aliphatic carbocycles.